The average Bonchev–Trinajstić information content (AvgIpc) is 2.39. The molecular weight excluding hydrogens is 232 g/mol. The van der Waals surface area contributed by atoms with Crippen LogP contribution in [0.15, 0.2) is 24.3 Å². The first-order valence-electron chi connectivity index (χ1n) is 5.95. The Morgan fingerprint density at radius 1 is 1.17 bits per heavy atom. The average molecular weight is 248 g/mol. The number of amides is 1. The number of carbonyl (C=O) groups is 2. The third-order valence-electron chi connectivity index (χ3n) is 3.36. The molecule has 5 nitrogen and oxygen atoms in total. The molecule has 2 rings (SSSR count). The van der Waals surface area contributed by atoms with E-state index >= 15 is 0 Å². The summed E-state index contributed by atoms with van der Waals surface area (Å²) in [5.41, 5.74) is 6.66. The number of carboxylic acids is 1. The van der Waals surface area contributed by atoms with Gasteiger partial charge in [0.15, 0.2) is 0 Å². The molecule has 1 aliphatic heterocycles. The van der Waals surface area contributed by atoms with Crippen LogP contribution in [0.25, 0.3) is 0 Å². The van der Waals surface area contributed by atoms with Crippen molar-refractivity contribution < 1.29 is 14.7 Å². The van der Waals surface area contributed by atoms with Crippen LogP contribution < -0.4 is 10.6 Å². The highest BCUT2D eigenvalue weighted by Crippen LogP contribution is 2.23. The number of carboxylic acid groups (broad SMARTS) is 1. The largest absolute Gasteiger partial charge is 0.481 e. The van der Waals surface area contributed by atoms with Crippen molar-refractivity contribution in [2.75, 3.05) is 18.0 Å². The Labute approximate surface area is 105 Å². The van der Waals surface area contributed by atoms with Crippen LogP contribution >= 0.6 is 0 Å². The summed E-state index contributed by atoms with van der Waals surface area (Å²) in [4.78, 5) is 23.9. The van der Waals surface area contributed by atoms with Gasteiger partial charge in [-0.05, 0) is 37.1 Å². The van der Waals surface area contributed by atoms with Crippen molar-refractivity contribution in [1.29, 1.82) is 0 Å². The fourth-order valence-corrected chi connectivity index (χ4v) is 2.22. The van der Waals surface area contributed by atoms with Gasteiger partial charge < -0.3 is 15.7 Å². The zero-order valence-electron chi connectivity index (χ0n) is 10.0. The number of hydrogen-bond acceptors (Lipinski definition) is 3. The van der Waals surface area contributed by atoms with E-state index in [1.165, 1.54) is 0 Å². The molecule has 1 saturated heterocycles. The van der Waals surface area contributed by atoms with Gasteiger partial charge in [-0.2, -0.15) is 0 Å². The van der Waals surface area contributed by atoms with Crippen molar-refractivity contribution in [3.05, 3.63) is 29.8 Å². The van der Waals surface area contributed by atoms with E-state index in [2.05, 4.69) is 4.90 Å². The van der Waals surface area contributed by atoms with Gasteiger partial charge in [0.1, 0.15) is 0 Å². The molecule has 1 aliphatic rings. The van der Waals surface area contributed by atoms with E-state index < -0.39 is 11.9 Å². The van der Waals surface area contributed by atoms with Crippen molar-refractivity contribution in [3.63, 3.8) is 0 Å². The van der Waals surface area contributed by atoms with Gasteiger partial charge >= 0.3 is 5.97 Å². The predicted octanol–water partition coefficient (Wildman–Crippen LogP) is 1.09. The Kier molecular flexibility index (Phi) is 3.50. The number of aliphatic carboxylic acids is 1. The van der Waals surface area contributed by atoms with E-state index in [1.54, 1.807) is 12.1 Å². The van der Waals surface area contributed by atoms with Gasteiger partial charge in [-0.25, -0.2) is 0 Å². The summed E-state index contributed by atoms with van der Waals surface area (Å²) in [6.45, 7) is 1.46. The van der Waals surface area contributed by atoms with Gasteiger partial charge in [0, 0.05) is 24.3 Å². The normalized spacial score (nSPS) is 16.6. The summed E-state index contributed by atoms with van der Waals surface area (Å²) >= 11 is 0. The van der Waals surface area contributed by atoms with Crippen molar-refractivity contribution in [1.82, 2.24) is 0 Å². The second kappa shape index (κ2) is 5.08. The molecule has 0 atom stereocenters. The van der Waals surface area contributed by atoms with Crippen molar-refractivity contribution in [2.24, 2.45) is 11.7 Å². The van der Waals surface area contributed by atoms with Gasteiger partial charge in [-0.3, -0.25) is 9.59 Å². The number of nitrogens with zero attached hydrogens (tertiary/aromatic N) is 1. The Hall–Kier alpha value is -2.04. The molecule has 0 radical (unpaired) electrons. The molecule has 3 N–H and O–H groups in total. The quantitative estimate of drug-likeness (QED) is 0.838. The molecule has 1 amide bonds. The van der Waals surface area contributed by atoms with E-state index in [0.717, 1.165) is 18.8 Å². The molecule has 1 heterocycles. The van der Waals surface area contributed by atoms with Crippen molar-refractivity contribution in [2.45, 2.75) is 12.8 Å². The summed E-state index contributed by atoms with van der Waals surface area (Å²) in [6, 6.07) is 7.09. The van der Waals surface area contributed by atoms with E-state index in [0.29, 0.717) is 18.4 Å². The number of piperidine rings is 1. The third kappa shape index (κ3) is 2.61. The van der Waals surface area contributed by atoms with Crippen LogP contribution in [-0.4, -0.2) is 30.1 Å². The molecule has 18 heavy (non-hydrogen) atoms. The van der Waals surface area contributed by atoms with E-state index in [1.807, 2.05) is 12.1 Å². The fourth-order valence-electron chi connectivity index (χ4n) is 2.22. The maximum absolute atomic E-state index is 10.9. The van der Waals surface area contributed by atoms with Crippen LogP contribution in [0.1, 0.15) is 23.2 Å². The lowest BCUT2D eigenvalue weighted by atomic mass is 9.96. The minimum atomic E-state index is -0.710. The highest BCUT2D eigenvalue weighted by molar-refractivity contribution is 5.93. The topological polar surface area (TPSA) is 83.6 Å². The summed E-state index contributed by atoms with van der Waals surface area (Å²) < 4.78 is 0. The highest BCUT2D eigenvalue weighted by atomic mass is 16.4. The molecule has 0 saturated carbocycles. The number of benzene rings is 1. The minimum absolute atomic E-state index is 0.230. The second-order valence-electron chi connectivity index (χ2n) is 4.51. The summed E-state index contributed by atoms with van der Waals surface area (Å²) in [6.07, 6.45) is 1.32. The fraction of sp³-hybridized carbons (Fsp3) is 0.385. The van der Waals surface area contributed by atoms with Crippen molar-refractivity contribution >= 4 is 17.6 Å². The first-order chi connectivity index (χ1) is 8.58. The number of rotatable bonds is 3. The second-order valence-corrected chi connectivity index (χ2v) is 4.51. The molecule has 5 heteroatoms. The Morgan fingerprint density at radius 2 is 1.72 bits per heavy atom. The summed E-state index contributed by atoms with van der Waals surface area (Å²) in [5.74, 6) is -1.38. The molecule has 0 unspecified atom stereocenters. The highest BCUT2D eigenvalue weighted by Gasteiger charge is 2.24. The van der Waals surface area contributed by atoms with Crippen LogP contribution in [0.2, 0.25) is 0 Å². The van der Waals surface area contributed by atoms with E-state index in [9.17, 15) is 9.59 Å². The third-order valence-corrected chi connectivity index (χ3v) is 3.36. The van der Waals surface area contributed by atoms with Crippen LogP contribution in [0, 0.1) is 5.92 Å². The zero-order valence-corrected chi connectivity index (χ0v) is 10.0. The lowest BCUT2D eigenvalue weighted by Crippen LogP contribution is -2.36. The molecule has 0 bridgehead atoms. The van der Waals surface area contributed by atoms with Gasteiger partial charge in [0.2, 0.25) is 5.91 Å². The van der Waals surface area contributed by atoms with Gasteiger partial charge in [-0.15, -0.1) is 0 Å². The van der Waals surface area contributed by atoms with Gasteiger partial charge in [0.25, 0.3) is 0 Å². The maximum Gasteiger partial charge on any atom is 0.306 e. The number of anilines is 1. The van der Waals surface area contributed by atoms with E-state index in [4.69, 9.17) is 10.8 Å². The lowest BCUT2D eigenvalue weighted by Gasteiger charge is -2.31. The molecule has 1 fully saturated rings. The number of primary amides is 1. The van der Waals surface area contributed by atoms with Crippen LogP contribution in [-0.2, 0) is 4.79 Å². The van der Waals surface area contributed by atoms with Crippen molar-refractivity contribution in [3.8, 4) is 0 Å². The predicted molar refractivity (Wildman–Crippen MR) is 67.5 cm³/mol. The Morgan fingerprint density at radius 3 is 2.17 bits per heavy atom. The smallest absolute Gasteiger partial charge is 0.306 e. The molecule has 1 aromatic carbocycles. The monoisotopic (exact) mass is 248 g/mol. The zero-order chi connectivity index (χ0) is 13.1. The number of carbonyl (C=O) groups excluding carboxylic acids is 1. The number of nitrogens with two attached hydrogens (primary N) is 1. The molecular formula is C13H16N2O3. The van der Waals surface area contributed by atoms with Crippen LogP contribution in [0.4, 0.5) is 5.69 Å². The Bertz CT molecular complexity index is 448. The molecule has 0 spiro atoms. The van der Waals surface area contributed by atoms with Crippen LogP contribution in [0.5, 0.6) is 0 Å². The maximum atomic E-state index is 10.9. The number of hydrogen-bond donors (Lipinski definition) is 2. The summed E-state index contributed by atoms with van der Waals surface area (Å²) in [7, 11) is 0. The van der Waals surface area contributed by atoms with E-state index in [-0.39, 0.29) is 5.92 Å². The Balaban J connectivity index is 2.01. The molecule has 1 aromatic rings. The molecule has 96 valence electrons. The van der Waals surface area contributed by atoms with Gasteiger partial charge in [-0.1, -0.05) is 0 Å². The molecule has 0 aromatic heterocycles. The lowest BCUT2D eigenvalue weighted by molar-refractivity contribution is -0.142. The van der Waals surface area contributed by atoms with Gasteiger partial charge in [0.05, 0.1) is 5.92 Å². The SMILES string of the molecule is NC(=O)c1ccc(N2CCC(C(=O)O)CC2)cc1. The minimum Gasteiger partial charge on any atom is -0.481 e. The first-order valence-corrected chi connectivity index (χ1v) is 5.95. The molecule has 0 aliphatic carbocycles. The van der Waals surface area contributed by atoms with Crippen LogP contribution in [0.3, 0.4) is 0 Å². The first kappa shape index (κ1) is 12.4. The standard InChI is InChI=1S/C13H16N2O3/c14-12(16)9-1-3-11(4-2-9)15-7-5-10(6-8-15)13(17)18/h1-4,10H,5-8H2,(H2,14,16)(H,17,18). The summed E-state index contributed by atoms with van der Waals surface area (Å²) in [5, 5.41) is 8.92.